The molecule has 5 saturated carbocycles. The minimum Gasteiger partial charge on any atom is -0.392 e. The molecule has 0 aromatic rings. The molecule has 31 heavy (non-hydrogen) atoms. The second-order valence-corrected chi connectivity index (χ2v) is 11.9. The van der Waals surface area contributed by atoms with Crippen LogP contribution >= 0.6 is 0 Å². The number of hydrogen-bond donors (Lipinski definition) is 2. The van der Waals surface area contributed by atoms with E-state index in [9.17, 15) is 10.2 Å². The third-order valence-electron chi connectivity index (χ3n) is 11.6. The first-order valence-corrected chi connectivity index (χ1v) is 12.3. The number of aliphatic hydroxyl groups is 2. The highest BCUT2D eigenvalue weighted by Crippen LogP contribution is 2.82. The maximum atomic E-state index is 12.3. The fourth-order valence-electron chi connectivity index (χ4n) is 11.2. The summed E-state index contributed by atoms with van der Waals surface area (Å²) in [7, 11) is 3.59. The van der Waals surface area contributed by atoms with Crippen LogP contribution in [-0.2, 0) is 18.9 Å². The van der Waals surface area contributed by atoms with Crippen LogP contribution in [0.1, 0.15) is 39.5 Å². The van der Waals surface area contributed by atoms with E-state index >= 15 is 0 Å². The molecule has 2 N–H and O–H groups in total. The van der Waals surface area contributed by atoms with E-state index in [2.05, 4.69) is 18.7 Å². The molecule has 7 bridgehead atoms. The van der Waals surface area contributed by atoms with Crippen molar-refractivity contribution >= 4 is 0 Å². The molecule has 13 atom stereocenters. The summed E-state index contributed by atoms with van der Waals surface area (Å²) in [6.45, 7) is 6.68. The SMILES string of the molecule is CCN1CC2(C)CCC(OC)C34C5CC6C(OC)CC7(OCOC7(C(O)C23)C14)C5C6O. The zero-order valence-electron chi connectivity index (χ0n) is 19.1. The van der Waals surface area contributed by atoms with E-state index in [1.807, 2.05) is 7.11 Å². The standard InChI is InChI=1S/C24H37NO6/c1-5-25-10-21(2)7-6-15(29-4)23-13-8-12-14(28-3)9-22(16(13)17(12)26)24(20(23)25,31-11-30-22)19(27)18(21)23/h12-20,26-27H,5-11H2,1-4H3. The van der Waals surface area contributed by atoms with E-state index in [1.165, 1.54) is 0 Å². The number of piperidine rings is 1. The number of hydrogen-bond acceptors (Lipinski definition) is 7. The number of ether oxygens (including phenoxy) is 4. The first kappa shape index (κ1) is 20.1. The lowest BCUT2D eigenvalue weighted by Gasteiger charge is -2.69. The van der Waals surface area contributed by atoms with Crippen molar-refractivity contribution in [2.75, 3.05) is 34.1 Å². The monoisotopic (exact) mass is 435 g/mol. The molecule has 0 aromatic heterocycles. The molecule has 2 heterocycles. The first-order chi connectivity index (χ1) is 14.9. The van der Waals surface area contributed by atoms with Crippen LogP contribution in [0, 0.1) is 34.5 Å². The summed E-state index contributed by atoms with van der Waals surface area (Å²) in [5.74, 6) is 0.388. The van der Waals surface area contributed by atoms with Crippen molar-refractivity contribution in [1.82, 2.24) is 4.90 Å². The Morgan fingerprint density at radius 2 is 1.97 bits per heavy atom. The summed E-state index contributed by atoms with van der Waals surface area (Å²) in [6.07, 6.45) is 2.51. The second-order valence-electron chi connectivity index (χ2n) is 11.9. The Morgan fingerprint density at radius 1 is 1.16 bits per heavy atom. The lowest BCUT2D eigenvalue weighted by atomic mass is 9.43. The molecule has 5 aliphatic carbocycles. The van der Waals surface area contributed by atoms with Crippen molar-refractivity contribution in [2.45, 2.75) is 81.2 Å². The summed E-state index contributed by atoms with van der Waals surface area (Å²) in [4.78, 5) is 2.59. The molecule has 7 rings (SSSR count). The summed E-state index contributed by atoms with van der Waals surface area (Å²) < 4.78 is 25.5. The largest absolute Gasteiger partial charge is 0.392 e. The lowest BCUT2D eigenvalue weighted by Crippen LogP contribution is -2.80. The molecule has 7 nitrogen and oxygen atoms in total. The second kappa shape index (κ2) is 5.85. The van der Waals surface area contributed by atoms with Crippen molar-refractivity contribution in [3.05, 3.63) is 0 Å². The summed E-state index contributed by atoms with van der Waals surface area (Å²) >= 11 is 0. The fraction of sp³-hybridized carbons (Fsp3) is 1.00. The number of likely N-dealkylation sites (tertiary alicyclic amines) is 1. The van der Waals surface area contributed by atoms with Gasteiger partial charge in [0.2, 0.25) is 0 Å². The van der Waals surface area contributed by atoms with E-state index in [1.54, 1.807) is 7.11 Å². The van der Waals surface area contributed by atoms with Gasteiger partial charge >= 0.3 is 0 Å². The van der Waals surface area contributed by atoms with Gasteiger partial charge in [0.1, 0.15) is 18.0 Å². The minimum absolute atomic E-state index is 0.0000689. The van der Waals surface area contributed by atoms with Crippen LogP contribution in [0.4, 0.5) is 0 Å². The number of nitrogens with zero attached hydrogens (tertiary/aromatic N) is 1. The molecule has 13 unspecified atom stereocenters. The van der Waals surface area contributed by atoms with E-state index in [4.69, 9.17) is 18.9 Å². The Morgan fingerprint density at radius 3 is 2.68 bits per heavy atom. The van der Waals surface area contributed by atoms with Gasteiger partial charge in [-0.15, -0.1) is 0 Å². The highest BCUT2D eigenvalue weighted by Gasteiger charge is 2.93. The number of likely N-dealkylation sites (N-methyl/N-ethyl adjacent to an activating group) is 1. The molecule has 174 valence electrons. The van der Waals surface area contributed by atoms with Crippen LogP contribution < -0.4 is 0 Å². The maximum absolute atomic E-state index is 12.3. The highest BCUT2D eigenvalue weighted by atomic mass is 16.7. The Bertz CT molecular complexity index is 811. The van der Waals surface area contributed by atoms with Gasteiger partial charge in [-0.2, -0.15) is 0 Å². The number of aliphatic hydroxyl groups excluding tert-OH is 2. The van der Waals surface area contributed by atoms with Crippen LogP contribution in [0.3, 0.4) is 0 Å². The smallest absolute Gasteiger partial charge is 0.148 e. The van der Waals surface area contributed by atoms with Gasteiger partial charge in [0, 0.05) is 50.4 Å². The predicted molar refractivity (Wildman–Crippen MR) is 110 cm³/mol. The topological polar surface area (TPSA) is 80.6 Å². The van der Waals surface area contributed by atoms with Crippen LogP contribution in [-0.4, -0.2) is 90.9 Å². The van der Waals surface area contributed by atoms with Gasteiger partial charge in [-0.25, -0.2) is 0 Å². The first-order valence-electron chi connectivity index (χ1n) is 12.3. The van der Waals surface area contributed by atoms with Gasteiger partial charge in [0.05, 0.1) is 30.5 Å². The number of rotatable bonds is 3. The quantitative estimate of drug-likeness (QED) is 0.685. The summed E-state index contributed by atoms with van der Waals surface area (Å²) in [5, 5.41) is 24.0. The van der Waals surface area contributed by atoms with Crippen LogP contribution in [0.25, 0.3) is 0 Å². The van der Waals surface area contributed by atoms with Gasteiger partial charge in [-0.05, 0) is 37.1 Å². The average Bonchev–Trinajstić information content (AvgIpc) is 3.30. The zero-order valence-corrected chi connectivity index (χ0v) is 19.1. The van der Waals surface area contributed by atoms with Gasteiger partial charge in [0.25, 0.3) is 0 Å². The number of methoxy groups -OCH3 is 2. The van der Waals surface area contributed by atoms with Crippen molar-refractivity contribution < 1.29 is 29.2 Å². The third kappa shape index (κ3) is 1.74. The molecule has 7 aliphatic rings. The average molecular weight is 436 g/mol. The predicted octanol–water partition coefficient (Wildman–Crippen LogP) is 1.01. The Hall–Kier alpha value is -0.280. The summed E-state index contributed by atoms with van der Waals surface area (Å²) in [5.41, 5.74) is -1.80. The molecule has 0 aromatic carbocycles. The normalized spacial score (nSPS) is 65.8. The molecule has 0 radical (unpaired) electrons. The maximum Gasteiger partial charge on any atom is 0.148 e. The van der Waals surface area contributed by atoms with E-state index in [0.717, 1.165) is 32.4 Å². The van der Waals surface area contributed by atoms with Gasteiger partial charge < -0.3 is 29.2 Å². The fourth-order valence-corrected chi connectivity index (χ4v) is 11.2. The van der Waals surface area contributed by atoms with Crippen LogP contribution in [0.15, 0.2) is 0 Å². The van der Waals surface area contributed by atoms with E-state index in [-0.39, 0.29) is 59.5 Å². The Kier molecular flexibility index (Phi) is 3.80. The Labute approximate surface area is 184 Å². The van der Waals surface area contributed by atoms with Gasteiger partial charge in [0.15, 0.2) is 0 Å². The lowest BCUT2D eigenvalue weighted by molar-refractivity contribution is -0.281. The molecular weight excluding hydrogens is 398 g/mol. The van der Waals surface area contributed by atoms with Gasteiger partial charge in [-0.1, -0.05) is 13.8 Å². The van der Waals surface area contributed by atoms with Gasteiger partial charge in [-0.3, -0.25) is 4.90 Å². The highest BCUT2D eigenvalue weighted by molar-refractivity contribution is 5.42. The molecule has 3 spiro atoms. The molecule has 7 heteroatoms. The summed E-state index contributed by atoms with van der Waals surface area (Å²) in [6, 6.07) is 0.0358. The van der Waals surface area contributed by atoms with Crippen molar-refractivity contribution in [3.8, 4) is 0 Å². The van der Waals surface area contributed by atoms with Crippen LogP contribution in [0.2, 0.25) is 0 Å². The van der Waals surface area contributed by atoms with Crippen LogP contribution in [0.5, 0.6) is 0 Å². The van der Waals surface area contributed by atoms with E-state index in [0.29, 0.717) is 6.42 Å². The van der Waals surface area contributed by atoms with Crippen molar-refractivity contribution in [1.29, 1.82) is 0 Å². The zero-order chi connectivity index (χ0) is 21.6. The van der Waals surface area contributed by atoms with Crippen molar-refractivity contribution in [3.63, 3.8) is 0 Å². The minimum atomic E-state index is -0.846. The molecular formula is C24H37NO6. The molecule has 7 fully saturated rings. The molecule has 2 aliphatic heterocycles. The number of fused-ring (bicyclic) bond motifs is 1. The third-order valence-corrected chi connectivity index (χ3v) is 11.6. The molecule has 2 saturated heterocycles. The Balaban J connectivity index is 1.57. The molecule has 0 amide bonds. The van der Waals surface area contributed by atoms with E-state index < -0.39 is 23.4 Å². The van der Waals surface area contributed by atoms with Crippen molar-refractivity contribution in [2.24, 2.45) is 34.5 Å².